The molecule has 1 heterocycles. The number of benzene rings is 1. The van der Waals surface area contributed by atoms with Gasteiger partial charge in [0.25, 0.3) is 0 Å². The fraction of sp³-hybridized carbons (Fsp3) is 0.632. The van der Waals surface area contributed by atoms with Gasteiger partial charge in [-0.15, -0.1) is 24.0 Å². The zero-order valence-electron chi connectivity index (χ0n) is 16.8. The fourth-order valence-corrected chi connectivity index (χ4v) is 4.00. The van der Waals surface area contributed by atoms with Crippen molar-refractivity contribution in [2.24, 2.45) is 4.99 Å². The van der Waals surface area contributed by atoms with Crippen LogP contribution >= 0.6 is 24.0 Å². The van der Waals surface area contributed by atoms with E-state index in [1.165, 1.54) is 9.87 Å². The summed E-state index contributed by atoms with van der Waals surface area (Å²) in [5.74, 6) is 0.702. The maximum absolute atomic E-state index is 12.4. The Morgan fingerprint density at radius 1 is 1.14 bits per heavy atom. The first-order chi connectivity index (χ1) is 13.0. The normalized spacial score (nSPS) is 15.7. The molecule has 1 saturated heterocycles. The van der Waals surface area contributed by atoms with Crippen molar-refractivity contribution in [1.29, 1.82) is 0 Å². The van der Waals surface area contributed by atoms with Crippen molar-refractivity contribution >= 4 is 40.0 Å². The van der Waals surface area contributed by atoms with Crippen molar-refractivity contribution < 1.29 is 13.2 Å². The third-order valence-electron chi connectivity index (χ3n) is 4.38. The number of hydrogen-bond acceptors (Lipinski definition) is 4. The first-order valence-corrected chi connectivity index (χ1v) is 11.3. The molecule has 160 valence electrons. The molecule has 1 aliphatic heterocycles. The van der Waals surface area contributed by atoms with E-state index < -0.39 is 10.0 Å². The molecule has 0 amide bonds. The molecule has 0 spiro atoms. The van der Waals surface area contributed by atoms with Gasteiger partial charge < -0.3 is 15.4 Å². The molecule has 0 aliphatic carbocycles. The van der Waals surface area contributed by atoms with Crippen LogP contribution in [0.1, 0.15) is 30.9 Å². The van der Waals surface area contributed by atoms with Crippen LogP contribution in [0, 0.1) is 6.92 Å². The summed E-state index contributed by atoms with van der Waals surface area (Å²) in [6, 6.07) is 8.26. The second-order valence-corrected chi connectivity index (χ2v) is 8.77. The number of morpholine rings is 1. The third kappa shape index (κ3) is 9.06. The van der Waals surface area contributed by atoms with Crippen molar-refractivity contribution in [3.05, 3.63) is 35.4 Å². The smallest absolute Gasteiger partial charge is 0.215 e. The van der Waals surface area contributed by atoms with Gasteiger partial charge in [-0.25, -0.2) is 13.4 Å². The lowest BCUT2D eigenvalue weighted by molar-refractivity contribution is 0.0730. The van der Waals surface area contributed by atoms with E-state index in [9.17, 15) is 8.42 Å². The van der Waals surface area contributed by atoms with Crippen molar-refractivity contribution in [3.63, 3.8) is 0 Å². The number of nitrogens with one attached hydrogen (secondary N) is 2. The zero-order chi connectivity index (χ0) is 19.5. The highest BCUT2D eigenvalue weighted by Crippen LogP contribution is 2.06. The zero-order valence-corrected chi connectivity index (χ0v) is 20.0. The third-order valence-corrected chi connectivity index (χ3v) is 6.25. The number of ether oxygens (including phenoxy) is 1. The largest absolute Gasteiger partial charge is 0.379 e. The van der Waals surface area contributed by atoms with E-state index in [0.717, 1.165) is 24.9 Å². The molecule has 28 heavy (non-hydrogen) atoms. The number of guanidine groups is 1. The maximum Gasteiger partial charge on any atom is 0.215 e. The van der Waals surface area contributed by atoms with Crippen LogP contribution in [-0.2, 0) is 21.3 Å². The molecule has 9 heteroatoms. The molecule has 0 saturated carbocycles. The van der Waals surface area contributed by atoms with Crippen LogP contribution in [0.4, 0.5) is 0 Å². The van der Waals surface area contributed by atoms with E-state index >= 15 is 0 Å². The molecule has 1 aliphatic rings. The van der Waals surface area contributed by atoms with Crippen LogP contribution in [0.3, 0.4) is 0 Å². The molecule has 0 aromatic heterocycles. The Morgan fingerprint density at radius 3 is 2.43 bits per heavy atom. The van der Waals surface area contributed by atoms with Gasteiger partial charge >= 0.3 is 0 Å². The summed E-state index contributed by atoms with van der Waals surface area (Å²) in [4.78, 5) is 4.59. The van der Waals surface area contributed by atoms with Gasteiger partial charge in [0.1, 0.15) is 0 Å². The summed E-state index contributed by atoms with van der Waals surface area (Å²) in [6.07, 6.45) is 2.13. The van der Waals surface area contributed by atoms with Crippen molar-refractivity contribution in [2.75, 3.05) is 45.1 Å². The number of halogens is 1. The standard InChI is InChI=1S/C19H32N4O3S.HI/c1-3-4-9-20-19(22-16-18-7-5-17(2)6-8-18)21-10-15-27(24,25)23-11-13-26-14-12-23;/h5-8H,3-4,9-16H2,1-2H3,(H2,20,21,22);1H. The summed E-state index contributed by atoms with van der Waals surface area (Å²) in [6.45, 7) is 7.68. The highest BCUT2D eigenvalue weighted by Gasteiger charge is 2.23. The summed E-state index contributed by atoms with van der Waals surface area (Å²) in [7, 11) is -3.27. The molecule has 0 atom stereocenters. The summed E-state index contributed by atoms with van der Waals surface area (Å²) >= 11 is 0. The molecule has 0 radical (unpaired) electrons. The molecule has 1 aromatic carbocycles. The lowest BCUT2D eigenvalue weighted by atomic mass is 10.1. The van der Waals surface area contributed by atoms with E-state index in [-0.39, 0.29) is 29.7 Å². The highest BCUT2D eigenvalue weighted by molar-refractivity contribution is 14.0. The van der Waals surface area contributed by atoms with Crippen molar-refractivity contribution in [3.8, 4) is 0 Å². The number of sulfonamides is 1. The summed E-state index contributed by atoms with van der Waals surface area (Å²) in [5, 5.41) is 6.44. The van der Waals surface area contributed by atoms with E-state index in [0.29, 0.717) is 45.4 Å². The Bertz CT molecular complexity index is 690. The van der Waals surface area contributed by atoms with Crippen LogP contribution in [0.5, 0.6) is 0 Å². The fourth-order valence-electron chi connectivity index (χ4n) is 2.67. The molecule has 2 N–H and O–H groups in total. The molecule has 2 rings (SSSR count). The summed E-state index contributed by atoms with van der Waals surface area (Å²) < 4.78 is 31.5. The lowest BCUT2D eigenvalue weighted by Crippen LogP contribution is -2.45. The predicted octanol–water partition coefficient (Wildman–Crippen LogP) is 2.11. The van der Waals surface area contributed by atoms with E-state index in [4.69, 9.17) is 4.74 Å². The first kappa shape index (κ1) is 25.1. The Morgan fingerprint density at radius 2 is 1.79 bits per heavy atom. The Kier molecular flexibility index (Phi) is 12.0. The van der Waals surface area contributed by atoms with Crippen LogP contribution in [-0.4, -0.2) is 63.8 Å². The SMILES string of the molecule is CCCCNC(=NCc1ccc(C)cc1)NCCS(=O)(=O)N1CCOCC1.I. The predicted molar refractivity (Wildman–Crippen MR) is 125 cm³/mol. The second-order valence-electron chi connectivity index (χ2n) is 6.68. The van der Waals surface area contributed by atoms with Crippen LogP contribution in [0.25, 0.3) is 0 Å². The molecule has 0 unspecified atom stereocenters. The molecular formula is C19H33IN4O3S. The van der Waals surface area contributed by atoms with Gasteiger partial charge in [-0.05, 0) is 18.9 Å². The average molecular weight is 524 g/mol. The van der Waals surface area contributed by atoms with E-state index in [2.05, 4.69) is 53.7 Å². The number of nitrogens with zero attached hydrogens (tertiary/aromatic N) is 2. The Labute approximate surface area is 186 Å². The first-order valence-electron chi connectivity index (χ1n) is 9.64. The second kappa shape index (κ2) is 13.3. The van der Waals surface area contributed by atoms with Crippen LogP contribution < -0.4 is 10.6 Å². The lowest BCUT2D eigenvalue weighted by Gasteiger charge is -2.26. The monoisotopic (exact) mass is 524 g/mol. The number of unbranched alkanes of at least 4 members (excludes halogenated alkanes) is 1. The molecule has 1 fully saturated rings. The van der Waals surface area contributed by atoms with Gasteiger partial charge in [-0.1, -0.05) is 43.2 Å². The van der Waals surface area contributed by atoms with Crippen molar-refractivity contribution in [1.82, 2.24) is 14.9 Å². The van der Waals surface area contributed by atoms with Gasteiger partial charge in [-0.3, -0.25) is 0 Å². The van der Waals surface area contributed by atoms with Gasteiger partial charge in [0.2, 0.25) is 10.0 Å². The minimum absolute atomic E-state index is 0. The quantitative estimate of drug-likeness (QED) is 0.224. The Balaban J connectivity index is 0.00000392. The van der Waals surface area contributed by atoms with Gasteiger partial charge in [-0.2, -0.15) is 4.31 Å². The van der Waals surface area contributed by atoms with Gasteiger partial charge in [0.15, 0.2) is 5.96 Å². The average Bonchev–Trinajstić information content (AvgIpc) is 2.67. The topological polar surface area (TPSA) is 83.0 Å². The Hall–Kier alpha value is -0.910. The minimum Gasteiger partial charge on any atom is -0.379 e. The van der Waals surface area contributed by atoms with Crippen LogP contribution in [0.15, 0.2) is 29.3 Å². The number of aryl methyl sites for hydroxylation is 1. The van der Waals surface area contributed by atoms with Crippen molar-refractivity contribution in [2.45, 2.75) is 33.2 Å². The van der Waals surface area contributed by atoms with Crippen LogP contribution in [0.2, 0.25) is 0 Å². The number of rotatable bonds is 9. The summed E-state index contributed by atoms with van der Waals surface area (Å²) in [5.41, 5.74) is 2.34. The van der Waals surface area contributed by atoms with Gasteiger partial charge in [0.05, 0.1) is 25.5 Å². The molecular weight excluding hydrogens is 491 g/mol. The van der Waals surface area contributed by atoms with E-state index in [1.807, 2.05) is 0 Å². The molecule has 1 aromatic rings. The maximum atomic E-state index is 12.4. The number of hydrogen-bond donors (Lipinski definition) is 2. The van der Waals surface area contributed by atoms with Gasteiger partial charge in [0, 0.05) is 26.2 Å². The van der Waals surface area contributed by atoms with E-state index in [1.54, 1.807) is 0 Å². The highest BCUT2D eigenvalue weighted by atomic mass is 127. The molecule has 7 nitrogen and oxygen atoms in total. The number of aliphatic imine (C=N–C) groups is 1. The minimum atomic E-state index is -3.27. The molecule has 0 bridgehead atoms.